The number of nitrogens with zero attached hydrogens (tertiary/aromatic N) is 1. The Hall–Kier alpha value is -2.11. The number of hydrogen-bond donors (Lipinski definition) is 1. The summed E-state index contributed by atoms with van der Waals surface area (Å²) in [5.41, 5.74) is 1.14. The first-order valence-corrected chi connectivity index (χ1v) is 7.58. The van der Waals surface area contributed by atoms with E-state index in [1.807, 2.05) is 0 Å². The second-order valence-electron chi connectivity index (χ2n) is 5.28. The average molecular weight is 336 g/mol. The highest BCUT2D eigenvalue weighted by molar-refractivity contribution is 6.30. The van der Waals surface area contributed by atoms with Gasteiger partial charge in [-0.3, -0.25) is 4.79 Å². The van der Waals surface area contributed by atoms with Crippen LogP contribution in [0.5, 0.6) is 5.75 Å². The molecular formula is C17H15ClFNO3. The van der Waals surface area contributed by atoms with Gasteiger partial charge in [0.2, 0.25) is 5.91 Å². The number of benzene rings is 2. The maximum Gasteiger partial charge on any atom is 0.230 e. The molecule has 0 aliphatic carbocycles. The van der Waals surface area contributed by atoms with Crippen molar-refractivity contribution in [3.63, 3.8) is 0 Å². The summed E-state index contributed by atoms with van der Waals surface area (Å²) in [5.74, 6) is -0.326. The summed E-state index contributed by atoms with van der Waals surface area (Å²) in [6.07, 6.45) is -0.996. The fourth-order valence-corrected chi connectivity index (χ4v) is 2.66. The highest BCUT2D eigenvalue weighted by Gasteiger charge is 2.26. The van der Waals surface area contributed by atoms with Gasteiger partial charge in [-0.1, -0.05) is 23.7 Å². The molecule has 2 aromatic carbocycles. The summed E-state index contributed by atoms with van der Waals surface area (Å²) >= 11 is 5.81. The fourth-order valence-electron chi connectivity index (χ4n) is 2.53. The van der Waals surface area contributed by atoms with Crippen molar-refractivity contribution in [3.8, 4) is 5.75 Å². The minimum absolute atomic E-state index is 0.0710. The highest BCUT2D eigenvalue weighted by Crippen LogP contribution is 2.33. The summed E-state index contributed by atoms with van der Waals surface area (Å²) in [5, 5.41) is 10.8. The normalized spacial score (nSPS) is 14.8. The molecule has 6 heteroatoms. The minimum atomic E-state index is -0.925. The van der Waals surface area contributed by atoms with E-state index in [0.29, 0.717) is 35.2 Å². The van der Waals surface area contributed by atoms with Gasteiger partial charge in [-0.15, -0.1) is 0 Å². The van der Waals surface area contributed by atoms with E-state index >= 15 is 0 Å². The number of carbonyl (C=O) groups excluding carboxylic acids is 1. The van der Waals surface area contributed by atoms with Crippen molar-refractivity contribution in [1.29, 1.82) is 0 Å². The topological polar surface area (TPSA) is 49.8 Å². The molecule has 0 saturated heterocycles. The minimum Gasteiger partial charge on any atom is -0.489 e. The quantitative estimate of drug-likeness (QED) is 0.936. The van der Waals surface area contributed by atoms with E-state index in [9.17, 15) is 14.3 Å². The van der Waals surface area contributed by atoms with Gasteiger partial charge in [-0.25, -0.2) is 4.39 Å². The van der Waals surface area contributed by atoms with Crippen molar-refractivity contribution in [3.05, 3.63) is 58.9 Å². The number of carbonyl (C=O) groups is 1. The third-order valence-corrected chi connectivity index (χ3v) is 3.96. The molecule has 2 aromatic rings. The van der Waals surface area contributed by atoms with Crippen LogP contribution in [0, 0.1) is 5.82 Å². The van der Waals surface area contributed by atoms with Crippen LogP contribution >= 0.6 is 11.6 Å². The Balaban J connectivity index is 1.75. The maximum atomic E-state index is 13.3. The first kappa shape index (κ1) is 15.8. The number of aliphatic hydroxyl groups is 1. The Morgan fingerprint density at radius 1 is 1.30 bits per heavy atom. The van der Waals surface area contributed by atoms with Crippen molar-refractivity contribution in [2.24, 2.45) is 0 Å². The zero-order chi connectivity index (χ0) is 16.4. The van der Waals surface area contributed by atoms with Crippen LogP contribution in [0.15, 0.2) is 42.5 Å². The van der Waals surface area contributed by atoms with Gasteiger partial charge in [0.1, 0.15) is 18.2 Å². The first-order chi connectivity index (χ1) is 11.0. The molecule has 3 rings (SSSR count). The standard InChI is InChI=1S/C17H15ClFNO3/c18-12-3-1-11(2-4-12)15(21)10-17(22)20-7-8-23-16-9-13(19)5-6-14(16)20/h1-6,9,15,21H,7-8,10H2. The first-order valence-electron chi connectivity index (χ1n) is 7.21. The lowest BCUT2D eigenvalue weighted by atomic mass is 10.1. The number of fused-ring (bicyclic) bond motifs is 1. The molecule has 1 atom stereocenters. The molecule has 1 unspecified atom stereocenters. The van der Waals surface area contributed by atoms with Crippen molar-refractivity contribution in [1.82, 2.24) is 0 Å². The van der Waals surface area contributed by atoms with Gasteiger partial charge in [0.05, 0.1) is 24.8 Å². The van der Waals surface area contributed by atoms with E-state index in [-0.39, 0.29) is 12.3 Å². The zero-order valence-corrected chi connectivity index (χ0v) is 13.0. The molecule has 0 radical (unpaired) electrons. The highest BCUT2D eigenvalue weighted by atomic mass is 35.5. The molecule has 1 N–H and O–H groups in total. The number of halogens is 2. The third kappa shape index (κ3) is 3.46. The predicted octanol–water partition coefficient (Wildman–Crippen LogP) is 3.33. The smallest absolute Gasteiger partial charge is 0.230 e. The molecule has 23 heavy (non-hydrogen) atoms. The molecule has 120 valence electrons. The molecule has 0 bridgehead atoms. The van der Waals surface area contributed by atoms with Gasteiger partial charge in [0, 0.05) is 11.1 Å². The van der Waals surface area contributed by atoms with E-state index in [0.717, 1.165) is 0 Å². The van der Waals surface area contributed by atoms with E-state index in [1.54, 1.807) is 24.3 Å². The third-order valence-electron chi connectivity index (χ3n) is 3.71. The molecular weight excluding hydrogens is 321 g/mol. The zero-order valence-electron chi connectivity index (χ0n) is 12.2. The maximum absolute atomic E-state index is 13.3. The van der Waals surface area contributed by atoms with Crippen LogP contribution in [-0.2, 0) is 4.79 Å². The van der Waals surface area contributed by atoms with Crippen LogP contribution in [0.3, 0.4) is 0 Å². The van der Waals surface area contributed by atoms with Crippen molar-refractivity contribution in [2.75, 3.05) is 18.1 Å². The Morgan fingerprint density at radius 3 is 2.78 bits per heavy atom. The number of hydrogen-bond acceptors (Lipinski definition) is 3. The lowest BCUT2D eigenvalue weighted by Crippen LogP contribution is -2.38. The summed E-state index contributed by atoms with van der Waals surface area (Å²) < 4.78 is 18.6. The van der Waals surface area contributed by atoms with Crippen LogP contribution in [0.4, 0.5) is 10.1 Å². The molecule has 0 spiro atoms. The van der Waals surface area contributed by atoms with Crippen molar-refractivity contribution >= 4 is 23.2 Å². The Morgan fingerprint density at radius 2 is 2.04 bits per heavy atom. The van der Waals surface area contributed by atoms with Crippen LogP contribution in [-0.4, -0.2) is 24.2 Å². The van der Waals surface area contributed by atoms with Gasteiger partial charge in [-0.2, -0.15) is 0 Å². The van der Waals surface area contributed by atoms with Gasteiger partial charge >= 0.3 is 0 Å². The monoisotopic (exact) mass is 335 g/mol. The second-order valence-corrected chi connectivity index (χ2v) is 5.71. The summed E-state index contributed by atoms with van der Waals surface area (Å²) in [4.78, 5) is 14.0. The molecule has 1 amide bonds. The lowest BCUT2D eigenvalue weighted by molar-refractivity contribution is -0.120. The van der Waals surface area contributed by atoms with Crippen molar-refractivity contribution < 1.29 is 19.0 Å². The molecule has 0 saturated carbocycles. The van der Waals surface area contributed by atoms with E-state index < -0.39 is 11.9 Å². The fraction of sp³-hybridized carbons (Fsp3) is 0.235. The molecule has 1 heterocycles. The summed E-state index contributed by atoms with van der Waals surface area (Å²) in [7, 11) is 0. The van der Waals surface area contributed by atoms with Crippen LogP contribution in [0.1, 0.15) is 18.1 Å². The van der Waals surface area contributed by atoms with Gasteiger partial charge in [0.15, 0.2) is 0 Å². The summed E-state index contributed by atoms with van der Waals surface area (Å²) in [6, 6.07) is 10.7. The predicted molar refractivity (Wildman–Crippen MR) is 85.3 cm³/mol. The molecule has 4 nitrogen and oxygen atoms in total. The molecule has 1 aliphatic rings. The summed E-state index contributed by atoms with van der Waals surface area (Å²) in [6.45, 7) is 0.657. The second kappa shape index (κ2) is 6.56. The van der Waals surface area contributed by atoms with Crippen LogP contribution < -0.4 is 9.64 Å². The molecule has 0 aromatic heterocycles. The lowest BCUT2D eigenvalue weighted by Gasteiger charge is -2.30. The average Bonchev–Trinajstić information content (AvgIpc) is 2.54. The van der Waals surface area contributed by atoms with Gasteiger partial charge < -0.3 is 14.7 Å². The largest absolute Gasteiger partial charge is 0.489 e. The number of amides is 1. The van der Waals surface area contributed by atoms with Gasteiger partial charge in [0.25, 0.3) is 0 Å². The molecule has 1 aliphatic heterocycles. The number of aliphatic hydroxyl groups excluding tert-OH is 1. The Kier molecular flexibility index (Phi) is 4.50. The number of rotatable bonds is 3. The van der Waals surface area contributed by atoms with Crippen LogP contribution in [0.2, 0.25) is 5.02 Å². The number of anilines is 1. The SMILES string of the molecule is O=C(CC(O)c1ccc(Cl)cc1)N1CCOc2cc(F)ccc21. The van der Waals surface area contributed by atoms with E-state index in [2.05, 4.69) is 0 Å². The van der Waals surface area contributed by atoms with Crippen LogP contribution in [0.25, 0.3) is 0 Å². The Labute approximate surface area is 138 Å². The van der Waals surface area contributed by atoms with Crippen molar-refractivity contribution in [2.45, 2.75) is 12.5 Å². The van der Waals surface area contributed by atoms with E-state index in [4.69, 9.17) is 16.3 Å². The van der Waals surface area contributed by atoms with E-state index in [1.165, 1.54) is 23.1 Å². The number of ether oxygens (including phenoxy) is 1. The molecule has 0 fully saturated rings. The van der Waals surface area contributed by atoms with Gasteiger partial charge in [-0.05, 0) is 29.8 Å². The Bertz CT molecular complexity index is 720.